The maximum absolute atomic E-state index is 13.1. The Bertz CT molecular complexity index is 850. The second-order valence-electron chi connectivity index (χ2n) is 7.48. The van der Waals surface area contributed by atoms with Crippen LogP contribution < -0.4 is 19.1 Å². The molecule has 1 aliphatic rings. The summed E-state index contributed by atoms with van der Waals surface area (Å²) in [5.41, 5.74) is 1.91. The van der Waals surface area contributed by atoms with E-state index >= 15 is 0 Å². The van der Waals surface area contributed by atoms with Crippen LogP contribution in [0.4, 0.5) is 10.1 Å². The highest BCUT2D eigenvalue weighted by atomic mass is 35.5. The van der Waals surface area contributed by atoms with Crippen LogP contribution in [-0.4, -0.2) is 70.2 Å². The van der Waals surface area contributed by atoms with E-state index in [9.17, 15) is 9.50 Å². The minimum Gasteiger partial charge on any atom is -0.493 e. The average Bonchev–Trinajstić information content (AvgIpc) is 2.81. The minimum atomic E-state index is -0.547. The molecule has 0 spiro atoms. The molecule has 1 atom stereocenters. The van der Waals surface area contributed by atoms with Gasteiger partial charge in [-0.3, -0.25) is 4.90 Å². The van der Waals surface area contributed by atoms with Crippen LogP contribution in [0.25, 0.3) is 6.08 Å². The van der Waals surface area contributed by atoms with Crippen LogP contribution in [0.5, 0.6) is 17.2 Å². The first-order chi connectivity index (χ1) is 15.0. The molecular formula is C24H33Cl2FN2O4. The van der Waals surface area contributed by atoms with E-state index in [1.54, 1.807) is 27.4 Å². The van der Waals surface area contributed by atoms with E-state index in [-0.39, 0.29) is 30.6 Å². The largest absolute Gasteiger partial charge is 0.493 e. The fourth-order valence-corrected chi connectivity index (χ4v) is 3.71. The maximum Gasteiger partial charge on any atom is 0.203 e. The maximum atomic E-state index is 13.1. The molecule has 1 saturated heterocycles. The highest BCUT2D eigenvalue weighted by Crippen LogP contribution is 2.38. The summed E-state index contributed by atoms with van der Waals surface area (Å²) in [6.07, 6.45) is 3.75. The Balaban J connectivity index is 0.00000272. The number of ether oxygens (including phenoxy) is 3. The molecule has 0 amide bonds. The van der Waals surface area contributed by atoms with Gasteiger partial charge in [0, 0.05) is 38.4 Å². The van der Waals surface area contributed by atoms with Gasteiger partial charge in [-0.15, -0.1) is 24.8 Å². The number of anilines is 1. The summed E-state index contributed by atoms with van der Waals surface area (Å²) in [7, 11) is 4.73. The number of hydrogen-bond acceptors (Lipinski definition) is 6. The number of aliphatic hydroxyl groups excluding tert-OH is 1. The standard InChI is InChI=1S/C24H31FN2O4.2ClH/c1-29-22-16-18(17-23(30-2)24(22)31-3)4-9-21(28)10-11-26-12-14-27(15-13-26)20-7-5-19(25)6-8-20;;/h4-9,16-17,21,28H,10-15H2,1-3H3;2*1H. The van der Waals surface area contributed by atoms with Gasteiger partial charge in [0.05, 0.1) is 27.4 Å². The van der Waals surface area contributed by atoms with Gasteiger partial charge in [-0.25, -0.2) is 4.39 Å². The third-order valence-electron chi connectivity index (χ3n) is 5.50. The molecule has 6 nitrogen and oxygen atoms in total. The van der Waals surface area contributed by atoms with Crippen molar-refractivity contribution >= 4 is 36.6 Å². The van der Waals surface area contributed by atoms with Crippen molar-refractivity contribution in [2.45, 2.75) is 12.5 Å². The van der Waals surface area contributed by atoms with Gasteiger partial charge in [-0.2, -0.15) is 0 Å². The fraction of sp³-hybridized carbons (Fsp3) is 0.417. The molecule has 33 heavy (non-hydrogen) atoms. The Morgan fingerprint density at radius 1 is 0.939 bits per heavy atom. The average molecular weight is 503 g/mol. The highest BCUT2D eigenvalue weighted by molar-refractivity contribution is 5.85. The van der Waals surface area contributed by atoms with E-state index in [4.69, 9.17) is 14.2 Å². The Hall–Kier alpha value is -2.19. The molecule has 3 rings (SSSR count). The zero-order valence-electron chi connectivity index (χ0n) is 19.2. The molecule has 1 heterocycles. The summed E-state index contributed by atoms with van der Waals surface area (Å²) < 4.78 is 29.2. The Morgan fingerprint density at radius 2 is 1.52 bits per heavy atom. The number of aliphatic hydroxyl groups is 1. The van der Waals surface area contributed by atoms with E-state index in [1.165, 1.54) is 12.1 Å². The second-order valence-corrected chi connectivity index (χ2v) is 7.48. The van der Waals surface area contributed by atoms with Crippen molar-refractivity contribution in [3.63, 3.8) is 0 Å². The number of rotatable bonds is 9. The molecule has 2 aromatic rings. The summed E-state index contributed by atoms with van der Waals surface area (Å²) in [5.74, 6) is 1.49. The van der Waals surface area contributed by atoms with E-state index in [1.807, 2.05) is 30.3 Å². The predicted octanol–water partition coefficient (Wildman–Crippen LogP) is 4.28. The first-order valence-corrected chi connectivity index (χ1v) is 10.4. The van der Waals surface area contributed by atoms with E-state index < -0.39 is 6.10 Å². The van der Waals surface area contributed by atoms with Crippen molar-refractivity contribution in [3.05, 3.63) is 53.9 Å². The Labute approximate surface area is 207 Å². The van der Waals surface area contributed by atoms with Crippen LogP contribution in [-0.2, 0) is 0 Å². The van der Waals surface area contributed by atoms with Crippen LogP contribution in [0.1, 0.15) is 12.0 Å². The number of halogens is 3. The van der Waals surface area contributed by atoms with Crippen molar-refractivity contribution in [1.82, 2.24) is 4.90 Å². The van der Waals surface area contributed by atoms with E-state index in [0.29, 0.717) is 23.7 Å². The van der Waals surface area contributed by atoms with Gasteiger partial charge in [0.1, 0.15) is 5.82 Å². The van der Waals surface area contributed by atoms with Crippen LogP contribution in [0.2, 0.25) is 0 Å². The third kappa shape index (κ3) is 7.96. The topological polar surface area (TPSA) is 54.4 Å². The smallest absolute Gasteiger partial charge is 0.203 e. The molecule has 0 aromatic heterocycles. The number of piperazine rings is 1. The lowest BCUT2D eigenvalue weighted by molar-refractivity contribution is 0.174. The SMILES string of the molecule is COc1cc(C=CC(O)CCN2CCN(c3ccc(F)cc3)CC2)cc(OC)c1OC.Cl.Cl. The van der Waals surface area contributed by atoms with Crippen LogP contribution in [0, 0.1) is 5.82 Å². The van der Waals surface area contributed by atoms with E-state index in [0.717, 1.165) is 44.0 Å². The van der Waals surface area contributed by atoms with Gasteiger partial charge in [0.15, 0.2) is 11.5 Å². The van der Waals surface area contributed by atoms with Crippen molar-refractivity contribution in [2.75, 3.05) is 59.0 Å². The molecule has 0 saturated carbocycles. The molecule has 1 fully saturated rings. The van der Waals surface area contributed by atoms with Gasteiger partial charge in [-0.1, -0.05) is 12.2 Å². The molecule has 1 aliphatic heterocycles. The molecule has 0 aliphatic carbocycles. The van der Waals surface area contributed by atoms with Crippen molar-refractivity contribution in [1.29, 1.82) is 0 Å². The van der Waals surface area contributed by atoms with Gasteiger partial charge in [0.25, 0.3) is 0 Å². The molecule has 184 valence electrons. The molecule has 1 N–H and O–H groups in total. The Morgan fingerprint density at radius 3 is 2.03 bits per heavy atom. The van der Waals surface area contributed by atoms with Crippen molar-refractivity contribution in [3.8, 4) is 17.2 Å². The molecule has 0 bridgehead atoms. The van der Waals surface area contributed by atoms with Crippen molar-refractivity contribution in [2.24, 2.45) is 0 Å². The highest BCUT2D eigenvalue weighted by Gasteiger charge is 2.18. The third-order valence-corrected chi connectivity index (χ3v) is 5.50. The normalized spacial score (nSPS) is 14.9. The van der Waals surface area contributed by atoms with Crippen molar-refractivity contribution < 1.29 is 23.7 Å². The first-order valence-electron chi connectivity index (χ1n) is 10.4. The fourth-order valence-electron chi connectivity index (χ4n) is 3.71. The summed E-state index contributed by atoms with van der Waals surface area (Å²) in [6.45, 7) is 4.44. The zero-order valence-corrected chi connectivity index (χ0v) is 20.8. The number of nitrogens with zero attached hydrogens (tertiary/aromatic N) is 2. The lowest BCUT2D eigenvalue weighted by Gasteiger charge is -2.36. The Kier molecular flexibility index (Phi) is 12.4. The second kappa shape index (κ2) is 14.2. The quantitative estimate of drug-likeness (QED) is 0.552. The van der Waals surface area contributed by atoms with Gasteiger partial charge in [-0.05, 0) is 48.4 Å². The molecule has 1 unspecified atom stereocenters. The predicted molar refractivity (Wildman–Crippen MR) is 135 cm³/mol. The molecule has 9 heteroatoms. The molecule has 0 radical (unpaired) electrons. The van der Waals surface area contributed by atoms with Crippen LogP contribution >= 0.6 is 24.8 Å². The molecule has 2 aromatic carbocycles. The number of hydrogen-bond donors (Lipinski definition) is 1. The van der Waals surface area contributed by atoms with Crippen LogP contribution in [0.3, 0.4) is 0 Å². The molecular weight excluding hydrogens is 470 g/mol. The van der Waals surface area contributed by atoms with Gasteiger partial charge >= 0.3 is 0 Å². The lowest BCUT2D eigenvalue weighted by Crippen LogP contribution is -2.47. The minimum absolute atomic E-state index is 0. The van der Waals surface area contributed by atoms with Gasteiger partial charge < -0.3 is 24.2 Å². The lowest BCUT2D eigenvalue weighted by atomic mass is 10.1. The summed E-state index contributed by atoms with van der Waals surface area (Å²) in [5, 5.41) is 10.4. The van der Waals surface area contributed by atoms with Gasteiger partial charge in [0.2, 0.25) is 5.75 Å². The summed E-state index contributed by atoms with van der Waals surface area (Å²) in [6, 6.07) is 10.3. The number of benzene rings is 2. The first kappa shape index (κ1) is 28.8. The monoisotopic (exact) mass is 502 g/mol. The van der Waals surface area contributed by atoms with Crippen LogP contribution in [0.15, 0.2) is 42.5 Å². The summed E-state index contributed by atoms with van der Waals surface area (Å²) >= 11 is 0. The number of methoxy groups -OCH3 is 3. The summed E-state index contributed by atoms with van der Waals surface area (Å²) in [4.78, 5) is 4.60. The van der Waals surface area contributed by atoms with E-state index in [2.05, 4.69) is 9.80 Å². The zero-order chi connectivity index (χ0) is 22.2.